The zero-order chi connectivity index (χ0) is 37.0. The maximum absolute atomic E-state index is 13.3. The minimum absolute atomic E-state index is 0.209. The summed E-state index contributed by atoms with van der Waals surface area (Å²) >= 11 is 1.41. The Balaban J connectivity index is 1.20. The Morgan fingerprint density at radius 3 is 1.88 bits per heavy atom. The third-order valence-corrected chi connectivity index (χ3v) is 10.2. The smallest absolute Gasteiger partial charge is 0.407 e. The zero-order valence-electron chi connectivity index (χ0n) is 29.2. The number of carboxylic acid groups (broad SMARTS) is 1. The van der Waals surface area contributed by atoms with E-state index < -0.39 is 42.3 Å². The number of alkyl carbamates (subject to hydrolysis) is 1. The molecule has 51 heavy (non-hydrogen) atoms. The van der Waals surface area contributed by atoms with Crippen LogP contribution < -0.4 is 21.3 Å². The van der Waals surface area contributed by atoms with Crippen LogP contribution in [0.4, 0.5) is 21.1 Å². The van der Waals surface area contributed by atoms with E-state index in [2.05, 4.69) is 31.0 Å². The second-order valence-electron chi connectivity index (χ2n) is 13.4. The fraction of sp³-hybridized carbons (Fsp3) is 0.500. The molecular weight excluding hydrogens is 680 g/mol. The fourth-order valence-electron chi connectivity index (χ4n) is 6.45. The molecule has 0 saturated carbocycles. The predicted octanol–water partition coefficient (Wildman–Crippen LogP) is 3.59. The van der Waals surface area contributed by atoms with Crippen LogP contribution in [0.1, 0.15) is 53.4 Å². The second-order valence-corrected chi connectivity index (χ2v) is 14.4. The number of benzene rings is 1. The summed E-state index contributed by atoms with van der Waals surface area (Å²) in [5.41, 5.74) is 1.44. The molecule has 5 rings (SSSR count). The Bertz CT molecular complexity index is 1760. The van der Waals surface area contributed by atoms with Crippen LogP contribution in [-0.4, -0.2) is 104 Å². The van der Waals surface area contributed by atoms with Crippen molar-refractivity contribution in [3.8, 4) is 10.4 Å². The molecule has 2 fully saturated rings. The van der Waals surface area contributed by atoms with Crippen molar-refractivity contribution < 1.29 is 38.6 Å². The molecule has 4 atom stereocenters. The van der Waals surface area contributed by atoms with E-state index in [9.17, 15) is 33.9 Å². The number of ether oxygens (including phenoxy) is 1. The Kier molecular flexibility index (Phi) is 11.5. The first-order valence-electron chi connectivity index (χ1n) is 16.9. The number of aromatic nitrogens is 2. The lowest BCUT2D eigenvalue weighted by atomic mass is 10.0. The van der Waals surface area contributed by atoms with Gasteiger partial charge in [0.05, 0.1) is 18.2 Å². The molecule has 0 bridgehead atoms. The highest BCUT2D eigenvalue weighted by molar-refractivity contribution is 7.20. The number of rotatable bonds is 11. The first-order chi connectivity index (χ1) is 24.3. The number of amides is 6. The highest BCUT2D eigenvalue weighted by Gasteiger charge is 2.40. The Hall–Kier alpha value is -5.19. The first kappa shape index (κ1) is 37.1. The third-order valence-electron chi connectivity index (χ3n) is 9.12. The van der Waals surface area contributed by atoms with Crippen molar-refractivity contribution >= 4 is 63.6 Å². The number of nitrogens with one attached hydrogen (secondary N) is 4. The van der Waals surface area contributed by atoms with E-state index in [-0.39, 0.29) is 29.6 Å². The molecule has 0 unspecified atom stereocenters. The van der Waals surface area contributed by atoms with Crippen molar-refractivity contribution in [3.63, 3.8) is 0 Å². The molecule has 0 spiro atoms. The van der Waals surface area contributed by atoms with Gasteiger partial charge in [0.25, 0.3) is 0 Å². The molecule has 2 aliphatic heterocycles. The molecule has 16 nitrogen and oxygen atoms in total. The van der Waals surface area contributed by atoms with Gasteiger partial charge in [-0.05, 0) is 55.2 Å². The van der Waals surface area contributed by atoms with Crippen LogP contribution >= 0.6 is 11.3 Å². The van der Waals surface area contributed by atoms with Crippen LogP contribution in [0.25, 0.3) is 15.4 Å². The normalized spacial score (nSPS) is 18.5. The molecule has 17 heteroatoms. The molecule has 274 valence electrons. The van der Waals surface area contributed by atoms with E-state index in [0.717, 1.165) is 10.4 Å². The van der Waals surface area contributed by atoms with Crippen LogP contribution in [-0.2, 0) is 23.9 Å². The van der Waals surface area contributed by atoms with E-state index in [1.165, 1.54) is 28.2 Å². The van der Waals surface area contributed by atoms with Crippen molar-refractivity contribution in [3.05, 3.63) is 36.7 Å². The number of imidazole rings is 1. The van der Waals surface area contributed by atoms with Crippen molar-refractivity contribution in [2.45, 2.75) is 77.5 Å². The summed E-state index contributed by atoms with van der Waals surface area (Å²) in [5.74, 6) is -1.58. The predicted molar refractivity (Wildman–Crippen MR) is 189 cm³/mol. The van der Waals surface area contributed by atoms with Gasteiger partial charge in [-0.25, -0.2) is 14.6 Å². The van der Waals surface area contributed by atoms with Gasteiger partial charge in [-0.1, -0.05) is 51.2 Å². The lowest BCUT2D eigenvalue weighted by Crippen LogP contribution is -2.54. The van der Waals surface area contributed by atoms with Gasteiger partial charge in [-0.3, -0.25) is 23.6 Å². The molecule has 4 heterocycles. The Morgan fingerprint density at radius 1 is 0.824 bits per heavy atom. The summed E-state index contributed by atoms with van der Waals surface area (Å²) in [7, 11) is 1.23. The third kappa shape index (κ3) is 8.41. The number of hydrogen-bond donors (Lipinski definition) is 5. The topological polar surface area (TPSA) is 204 Å². The van der Waals surface area contributed by atoms with E-state index in [1.54, 1.807) is 36.6 Å². The van der Waals surface area contributed by atoms with Gasteiger partial charge in [-0.2, -0.15) is 0 Å². The Morgan fingerprint density at radius 2 is 1.37 bits per heavy atom. The molecule has 3 aromatic rings. The number of anilines is 2. The molecule has 1 aromatic carbocycles. The maximum atomic E-state index is 13.3. The molecule has 0 aliphatic carbocycles. The highest BCUT2D eigenvalue weighted by atomic mass is 32.1. The molecule has 2 aromatic heterocycles. The minimum Gasteiger partial charge on any atom is -0.465 e. The number of thiazole rings is 1. The number of hydrogen-bond acceptors (Lipinski definition) is 9. The van der Waals surface area contributed by atoms with E-state index >= 15 is 0 Å². The van der Waals surface area contributed by atoms with Crippen LogP contribution in [0.5, 0.6) is 0 Å². The van der Waals surface area contributed by atoms with E-state index in [4.69, 9.17) is 0 Å². The summed E-state index contributed by atoms with van der Waals surface area (Å²) in [4.78, 5) is 85.1. The quantitative estimate of drug-likeness (QED) is 0.196. The molecule has 5 N–H and O–H groups in total. The Labute approximate surface area is 298 Å². The van der Waals surface area contributed by atoms with Crippen LogP contribution in [0.2, 0.25) is 0 Å². The highest BCUT2D eigenvalue weighted by Crippen LogP contribution is 2.31. The van der Waals surface area contributed by atoms with Gasteiger partial charge in [-0.15, -0.1) is 0 Å². The van der Waals surface area contributed by atoms with Crippen molar-refractivity contribution in [2.24, 2.45) is 11.8 Å². The van der Waals surface area contributed by atoms with Gasteiger partial charge >= 0.3 is 12.2 Å². The number of nitrogens with zero attached hydrogens (tertiary/aromatic N) is 4. The number of fused-ring (bicyclic) bond motifs is 1. The average molecular weight is 725 g/mol. The number of methoxy groups -OCH3 is 1. The van der Waals surface area contributed by atoms with Gasteiger partial charge in [0, 0.05) is 25.0 Å². The van der Waals surface area contributed by atoms with Crippen molar-refractivity contribution in [1.82, 2.24) is 29.8 Å². The summed E-state index contributed by atoms with van der Waals surface area (Å²) in [5, 5.41) is 19.8. The molecule has 2 saturated heterocycles. The van der Waals surface area contributed by atoms with Crippen molar-refractivity contribution in [2.75, 3.05) is 30.8 Å². The second kappa shape index (κ2) is 15.8. The van der Waals surface area contributed by atoms with Crippen molar-refractivity contribution in [1.29, 1.82) is 0 Å². The molecular formula is C34H44N8O8S. The summed E-state index contributed by atoms with van der Waals surface area (Å²) in [6.45, 7) is 7.90. The van der Waals surface area contributed by atoms with E-state index in [0.29, 0.717) is 55.2 Å². The lowest BCUT2D eigenvalue weighted by Gasteiger charge is -2.30. The maximum Gasteiger partial charge on any atom is 0.407 e. The van der Waals surface area contributed by atoms with Crippen LogP contribution in [0, 0.1) is 11.8 Å². The van der Waals surface area contributed by atoms with E-state index in [1.807, 2.05) is 32.2 Å². The minimum atomic E-state index is -1.29. The molecule has 2 aliphatic rings. The number of carbonyl (C=O) groups excluding carboxylic acids is 5. The summed E-state index contributed by atoms with van der Waals surface area (Å²) in [6.07, 6.45) is 3.84. The average Bonchev–Trinajstić information content (AvgIpc) is 3.89. The molecule has 6 amide bonds. The van der Waals surface area contributed by atoms with Gasteiger partial charge < -0.3 is 40.9 Å². The van der Waals surface area contributed by atoms with Crippen LogP contribution in [0.15, 0.2) is 36.7 Å². The monoisotopic (exact) mass is 724 g/mol. The largest absolute Gasteiger partial charge is 0.465 e. The SMILES string of the molecule is COC(=O)N[C@H](C(=O)N1CCC[C@H]1C(=O)Nc1cn2cc(-c3ccc(NC(=O)[C@@H]4CCCN4C(=O)[C@@H](NC(=O)O)C(C)C)cc3)sc2n1)C(C)C. The van der Waals surface area contributed by atoms with Gasteiger partial charge in [0.15, 0.2) is 10.8 Å². The fourth-order valence-corrected chi connectivity index (χ4v) is 7.42. The number of likely N-dealkylation sites (tertiary alicyclic amines) is 2. The lowest BCUT2D eigenvalue weighted by molar-refractivity contribution is -0.139. The standard InChI is InChI=1S/C34H44N8O8S/c1-18(2)26(38-33(47)48)30(45)41-14-6-8-22(41)28(43)35-21-12-10-20(11-13-21)24-16-40-17-25(37-32(40)51-24)36-29(44)23-9-7-15-42(23)31(46)27(19(3)4)39-34(49)50-5/h10-13,16-19,22-23,26-27,38H,6-9,14-15H2,1-5H3,(H,35,43)(H,36,44)(H,39,49)(H,47,48)/t22-,23-,26-,27-/m0/s1. The van der Waals surface area contributed by atoms with Gasteiger partial charge in [0.2, 0.25) is 23.6 Å². The van der Waals surface area contributed by atoms with Gasteiger partial charge in [0.1, 0.15) is 24.2 Å². The number of carbonyl (C=O) groups is 6. The zero-order valence-corrected chi connectivity index (χ0v) is 30.0. The van der Waals surface area contributed by atoms with Crippen LogP contribution in [0.3, 0.4) is 0 Å². The first-order valence-corrected chi connectivity index (χ1v) is 17.7. The molecule has 0 radical (unpaired) electrons. The summed E-state index contributed by atoms with van der Waals surface area (Å²) < 4.78 is 6.47. The summed E-state index contributed by atoms with van der Waals surface area (Å²) in [6, 6.07) is 4.09.